The first-order valence-electron chi connectivity index (χ1n) is 18.1. The SMILES string of the molecule is CC(C)c1noc(N2CCC([C@H](C)Oc3nc4ccc(Br)nc4s3)CC2)n1.CC(C)c1noc(N2CCN([C@H](C)O)CC2)n1.Clc1nc2ccc(Br)nc2s1. The van der Waals surface area contributed by atoms with Gasteiger partial charge in [-0.1, -0.05) is 72.3 Å². The Kier molecular flexibility index (Phi) is 14.3. The molecule has 0 bridgehead atoms. The molecule has 2 aliphatic rings. The van der Waals surface area contributed by atoms with Crippen LogP contribution in [0.1, 0.15) is 77.9 Å². The van der Waals surface area contributed by atoms with Gasteiger partial charge in [0.1, 0.15) is 42.2 Å². The lowest BCUT2D eigenvalue weighted by Gasteiger charge is -2.34. The molecule has 8 rings (SSSR count). The van der Waals surface area contributed by atoms with E-state index in [0.717, 1.165) is 93.7 Å². The first-order chi connectivity index (χ1) is 26.3. The van der Waals surface area contributed by atoms with E-state index in [9.17, 15) is 5.11 Å². The molecule has 55 heavy (non-hydrogen) atoms. The quantitative estimate of drug-likeness (QED) is 0.144. The Labute approximate surface area is 349 Å². The highest BCUT2D eigenvalue weighted by atomic mass is 79.9. The fourth-order valence-corrected chi connectivity index (χ4v) is 8.58. The summed E-state index contributed by atoms with van der Waals surface area (Å²) in [5.41, 5.74) is 1.72. The van der Waals surface area contributed by atoms with Gasteiger partial charge in [0, 0.05) is 51.1 Å². The minimum atomic E-state index is -0.383. The van der Waals surface area contributed by atoms with Gasteiger partial charge >= 0.3 is 12.0 Å². The Morgan fingerprint density at radius 2 is 1.22 bits per heavy atom. The lowest BCUT2D eigenvalue weighted by atomic mass is 9.92. The highest BCUT2D eigenvalue weighted by Gasteiger charge is 2.29. The molecule has 2 aliphatic heterocycles. The third-order valence-corrected chi connectivity index (χ3v) is 12.0. The van der Waals surface area contributed by atoms with Gasteiger partial charge in [0.25, 0.3) is 5.19 Å². The van der Waals surface area contributed by atoms with Crippen LogP contribution in [0.25, 0.3) is 20.7 Å². The van der Waals surface area contributed by atoms with E-state index in [2.05, 4.69) is 103 Å². The molecule has 2 saturated heterocycles. The van der Waals surface area contributed by atoms with Gasteiger partial charge in [0.15, 0.2) is 16.1 Å². The van der Waals surface area contributed by atoms with Crippen molar-refractivity contribution >= 4 is 98.9 Å². The van der Waals surface area contributed by atoms with E-state index in [0.29, 0.717) is 27.6 Å². The molecule has 6 aromatic heterocycles. The largest absolute Gasteiger partial charge is 0.467 e. The summed E-state index contributed by atoms with van der Waals surface area (Å²) in [5.74, 6) is 2.54. The molecule has 8 heterocycles. The number of aliphatic hydroxyl groups is 1. The van der Waals surface area contributed by atoms with Crippen LogP contribution in [0.5, 0.6) is 5.19 Å². The van der Waals surface area contributed by atoms with Gasteiger partial charge in [-0.15, -0.1) is 0 Å². The molecule has 20 heteroatoms. The Morgan fingerprint density at radius 1 is 0.709 bits per heavy atom. The Hall–Kier alpha value is -3.07. The number of anilines is 2. The van der Waals surface area contributed by atoms with Crippen molar-refractivity contribution in [3.63, 3.8) is 0 Å². The van der Waals surface area contributed by atoms with Crippen LogP contribution < -0.4 is 14.5 Å². The van der Waals surface area contributed by atoms with Crippen LogP contribution in [0.3, 0.4) is 0 Å². The van der Waals surface area contributed by atoms with E-state index in [-0.39, 0.29) is 24.2 Å². The molecule has 6 aromatic rings. The summed E-state index contributed by atoms with van der Waals surface area (Å²) >= 11 is 15.2. The van der Waals surface area contributed by atoms with Gasteiger partial charge in [-0.25, -0.2) is 19.9 Å². The minimum absolute atomic E-state index is 0.102. The Bertz CT molecular complexity index is 2130. The number of piperidine rings is 1. The highest BCUT2D eigenvalue weighted by molar-refractivity contribution is 9.10. The molecule has 296 valence electrons. The zero-order chi connectivity index (χ0) is 39.2. The van der Waals surface area contributed by atoms with Crippen LogP contribution in [0.15, 0.2) is 42.5 Å². The van der Waals surface area contributed by atoms with Crippen LogP contribution in [0.2, 0.25) is 4.47 Å². The van der Waals surface area contributed by atoms with Gasteiger partial charge in [0.2, 0.25) is 0 Å². The summed E-state index contributed by atoms with van der Waals surface area (Å²) in [7, 11) is 0. The summed E-state index contributed by atoms with van der Waals surface area (Å²) in [4.78, 5) is 34.1. The number of hydrogen-bond acceptors (Lipinski definition) is 17. The van der Waals surface area contributed by atoms with Crippen molar-refractivity contribution in [2.24, 2.45) is 5.92 Å². The molecule has 0 spiro atoms. The first kappa shape index (κ1) is 41.6. The van der Waals surface area contributed by atoms with Crippen molar-refractivity contribution in [3.8, 4) is 5.19 Å². The molecule has 0 radical (unpaired) electrons. The summed E-state index contributed by atoms with van der Waals surface area (Å²) in [5, 5.41) is 18.2. The molecule has 15 nitrogen and oxygen atoms in total. The summed E-state index contributed by atoms with van der Waals surface area (Å²) < 4.78 is 19.0. The van der Waals surface area contributed by atoms with E-state index >= 15 is 0 Å². The number of nitrogens with zero attached hydrogens (tertiary/aromatic N) is 11. The monoisotopic (exact) mass is 939 g/mol. The molecular weight excluding hydrogens is 898 g/mol. The summed E-state index contributed by atoms with van der Waals surface area (Å²) in [6.07, 6.45) is 1.76. The zero-order valence-corrected chi connectivity index (χ0v) is 37.0. The van der Waals surface area contributed by atoms with Crippen LogP contribution >= 0.6 is 66.1 Å². The lowest BCUT2D eigenvalue weighted by Crippen LogP contribution is -2.49. The standard InChI is InChI=1S/C18H22BrN5O2S.C11H20N4O2.C6H2BrClN2S/c1-10(2)15-22-17(26-23-15)24-8-6-12(7-9-24)11(3)25-18-20-13-4-5-14(19)21-16(13)27-18;1-8(2)10-12-11(17-13-10)15-6-4-14(5-7-15)9(3)16;7-4-2-1-3-5(10-4)11-6(8)9-3/h4-5,10-12H,6-9H2,1-3H3;8-9,16H,4-7H2,1-3H3;1-2H/t11-;9-;/m00./s1. The Morgan fingerprint density at radius 3 is 1.73 bits per heavy atom. The van der Waals surface area contributed by atoms with Gasteiger partial charge in [-0.3, -0.25) is 4.90 Å². The number of aromatic nitrogens is 8. The molecular formula is C35H44Br2ClN11O4S2. The van der Waals surface area contributed by atoms with Crippen LogP contribution in [-0.2, 0) is 0 Å². The predicted molar refractivity (Wildman–Crippen MR) is 223 cm³/mol. The van der Waals surface area contributed by atoms with Crippen LogP contribution in [0.4, 0.5) is 12.0 Å². The van der Waals surface area contributed by atoms with Crippen molar-refractivity contribution in [3.05, 3.63) is 49.6 Å². The third-order valence-electron chi connectivity index (χ3n) is 9.17. The summed E-state index contributed by atoms with van der Waals surface area (Å²) in [6.45, 7) is 17.2. The normalized spacial score (nSPS) is 16.7. The average Bonchev–Trinajstić information content (AvgIpc) is 3.98. The second kappa shape index (κ2) is 18.9. The molecule has 2 fully saturated rings. The third kappa shape index (κ3) is 11.1. The average molecular weight is 942 g/mol. The number of thiazole rings is 2. The smallest absolute Gasteiger partial charge is 0.324 e. The zero-order valence-electron chi connectivity index (χ0n) is 31.4. The number of hydrogen-bond donors (Lipinski definition) is 1. The fourth-order valence-electron chi connectivity index (χ4n) is 5.87. The predicted octanol–water partition coefficient (Wildman–Crippen LogP) is 8.40. The maximum Gasteiger partial charge on any atom is 0.324 e. The van der Waals surface area contributed by atoms with E-state index in [1.165, 1.54) is 22.7 Å². The number of ether oxygens (including phenoxy) is 1. The Balaban J connectivity index is 0.000000156. The van der Waals surface area contributed by atoms with Crippen LogP contribution in [0, 0.1) is 5.92 Å². The number of halogens is 3. The van der Waals surface area contributed by atoms with Gasteiger partial charge in [0.05, 0.1) is 0 Å². The molecule has 0 aromatic carbocycles. The summed E-state index contributed by atoms with van der Waals surface area (Å²) in [6, 6.07) is 8.81. The van der Waals surface area contributed by atoms with Crippen molar-refractivity contribution in [2.45, 2.75) is 78.6 Å². The molecule has 2 atom stereocenters. The molecule has 0 aliphatic carbocycles. The number of aliphatic hydroxyl groups excluding tert-OH is 1. The fraction of sp³-hybridized carbons (Fsp3) is 0.543. The molecule has 0 amide bonds. The number of rotatable bonds is 8. The van der Waals surface area contributed by atoms with Crippen molar-refractivity contribution in [2.75, 3.05) is 49.1 Å². The first-order valence-corrected chi connectivity index (χ1v) is 21.7. The van der Waals surface area contributed by atoms with Crippen molar-refractivity contribution in [1.82, 2.24) is 45.1 Å². The highest BCUT2D eigenvalue weighted by Crippen LogP contribution is 2.32. The molecule has 0 saturated carbocycles. The van der Waals surface area contributed by atoms with E-state index in [4.69, 9.17) is 25.4 Å². The van der Waals surface area contributed by atoms with E-state index < -0.39 is 0 Å². The lowest BCUT2D eigenvalue weighted by molar-refractivity contribution is 0.0146. The molecule has 0 unspecified atom stereocenters. The second-order valence-electron chi connectivity index (χ2n) is 13.8. The number of piperazine rings is 1. The second-order valence-corrected chi connectivity index (χ2v) is 18.0. The maximum absolute atomic E-state index is 9.47. The van der Waals surface area contributed by atoms with Gasteiger partial charge < -0.3 is 28.7 Å². The van der Waals surface area contributed by atoms with Crippen molar-refractivity contribution in [1.29, 1.82) is 0 Å². The molecule has 1 N–H and O–H groups in total. The number of pyridine rings is 2. The van der Waals surface area contributed by atoms with E-state index in [1.54, 1.807) is 6.92 Å². The number of fused-ring (bicyclic) bond motifs is 2. The van der Waals surface area contributed by atoms with E-state index in [1.807, 2.05) is 43.0 Å². The van der Waals surface area contributed by atoms with Gasteiger partial charge in [-0.05, 0) is 88.7 Å². The maximum atomic E-state index is 9.47. The van der Waals surface area contributed by atoms with Gasteiger partial charge in [-0.2, -0.15) is 9.97 Å². The minimum Gasteiger partial charge on any atom is -0.467 e. The van der Waals surface area contributed by atoms with Crippen LogP contribution in [-0.4, -0.2) is 102 Å². The topological polar surface area (TPSA) is 169 Å². The van der Waals surface area contributed by atoms with Crippen molar-refractivity contribution < 1.29 is 18.9 Å².